The van der Waals surface area contributed by atoms with Gasteiger partial charge in [-0.3, -0.25) is 4.79 Å². The van der Waals surface area contributed by atoms with Crippen LogP contribution in [-0.4, -0.2) is 11.0 Å². The maximum atomic E-state index is 12.4. The first-order chi connectivity index (χ1) is 11.9. The van der Waals surface area contributed by atoms with E-state index in [1.807, 2.05) is 57.2 Å². The lowest BCUT2D eigenvalue weighted by atomic mass is 10.0. The number of rotatable bonds is 5. The first kappa shape index (κ1) is 18.1. The first-order valence-corrected chi connectivity index (χ1v) is 7.99. The molecule has 3 N–H and O–H groups in total. The van der Waals surface area contributed by atoms with Gasteiger partial charge in [0, 0.05) is 11.9 Å². The van der Waals surface area contributed by atoms with Crippen LogP contribution in [-0.2, 0) is 4.79 Å². The summed E-state index contributed by atoms with van der Waals surface area (Å²) in [6, 6.07) is 14.5. The average Bonchev–Trinajstić information content (AvgIpc) is 2.57. The zero-order valence-corrected chi connectivity index (χ0v) is 14.5. The topological polar surface area (TPSA) is 85.2 Å². The Morgan fingerprint density at radius 1 is 1.20 bits per heavy atom. The van der Waals surface area contributed by atoms with Crippen molar-refractivity contribution >= 4 is 17.3 Å². The number of carbonyl (C=O) groups is 1. The monoisotopic (exact) mass is 335 g/mol. The van der Waals surface area contributed by atoms with Gasteiger partial charge in [-0.1, -0.05) is 38.1 Å². The number of hydrogen-bond acceptors (Lipinski definition) is 4. The zero-order valence-electron chi connectivity index (χ0n) is 14.5. The molecule has 0 heterocycles. The fraction of sp³-hybridized carbons (Fsp3) is 0.200. The highest BCUT2D eigenvalue weighted by Gasteiger charge is 2.13. The second-order valence-electron chi connectivity index (χ2n) is 6.03. The van der Waals surface area contributed by atoms with Crippen molar-refractivity contribution < 1.29 is 9.90 Å². The third-order valence-corrected chi connectivity index (χ3v) is 3.72. The van der Waals surface area contributed by atoms with Gasteiger partial charge in [0.05, 0.1) is 5.69 Å². The van der Waals surface area contributed by atoms with E-state index in [2.05, 4.69) is 10.6 Å². The number of nitriles is 1. The molecule has 0 unspecified atom stereocenters. The summed E-state index contributed by atoms with van der Waals surface area (Å²) in [5, 5.41) is 24.7. The molecule has 2 aromatic carbocycles. The normalized spacial score (nSPS) is 11.1. The Hall–Kier alpha value is -3.26. The Morgan fingerprint density at radius 2 is 1.92 bits per heavy atom. The van der Waals surface area contributed by atoms with Crippen molar-refractivity contribution in [1.82, 2.24) is 0 Å². The molecule has 0 radical (unpaired) electrons. The minimum atomic E-state index is -0.505. The number of aromatic hydroxyl groups is 1. The van der Waals surface area contributed by atoms with Crippen LogP contribution in [0.3, 0.4) is 0 Å². The number of aryl methyl sites for hydroxylation is 1. The molecule has 0 spiro atoms. The molecule has 5 nitrogen and oxygen atoms in total. The molecule has 0 bridgehead atoms. The van der Waals surface area contributed by atoms with Gasteiger partial charge in [-0.25, -0.2) is 0 Å². The summed E-state index contributed by atoms with van der Waals surface area (Å²) in [5.41, 5.74) is 2.93. The van der Waals surface area contributed by atoms with Crippen molar-refractivity contribution in [1.29, 1.82) is 5.26 Å². The summed E-state index contributed by atoms with van der Waals surface area (Å²) in [5.74, 6) is -0.206. The second kappa shape index (κ2) is 8.02. The molecule has 128 valence electrons. The first-order valence-electron chi connectivity index (χ1n) is 7.99. The molecular formula is C20H21N3O2. The smallest absolute Gasteiger partial charge is 0.267 e. The van der Waals surface area contributed by atoms with Crippen LogP contribution in [0.4, 0.5) is 11.4 Å². The van der Waals surface area contributed by atoms with E-state index in [9.17, 15) is 15.2 Å². The molecule has 0 aliphatic rings. The zero-order chi connectivity index (χ0) is 18.4. The highest BCUT2D eigenvalue weighted by atomic mass is 16.3. The number of para-hydroxylation sites is 1. The van der Waals surface area contributed by atoms with E-state index in [-0.39, 0.29) is 17.2 Å². The van der Waals surface area contributed by atoms with Crippen molar-refractivity contribution in [3.8, 4) is 11.8 Å². The Labute approximate surface area is 147 Å². The predicted octanol–water partition coefficient (Wildman–Crippen LogP) is 4.28. The average molecular weight is 335 g/mol. The fourth-order valence-electron chi connectivity index (χ4n) is 2.37. The van der Waals surface area contributed by atoms with Crippen LogP contribution < -0.4 is 10.6 Å². The standard InChI is InChI=1S/C20H21N3O2/c1-13(2)16-6-4-5-7-17(16)23-20(25)15(11-21)12-22-18-9-8-14(3)10-19(18)24/h4-10,12-13,22,24H,1-3H3,(H,23,25)/b15-12-. The van der Waals surface area contributed by atoms with Crippen LogP contribution in [0.1, 0.15) is 30.9 Å². The number of anilines is 2. The van der Waals surface area contributed by atoms with Gasteiger partial charge in [-0.15, -0.1) is 0 Å². The maximum Gasteiger partial charge on any atom is 0.267 e. The summed E-state index contributed by atoms with van der Waals surface area (Å²) in [6.07, 6.45) is 1.29. The van der Waals surface area contributed by atoms with Gasteiger partial charge < -0.3 is 15.7 Å². The molecule has 25 heavy (non-hydrogen) atoms. The lowest BCUT2D eigenvalue weighted by Gasteiger charge is -2.13. The van der Waals surface area contributed by atoms with Gasteiger partial charge in [0.25, 0.3) is 5.91 Å². The number of hydrogen-bond donors (Lipinski definition) is 3. The molecule has 1 amide bonds. The van der Waals surface area contributed by atoms with E-state index in [1.54, 1.807) is 12.1 Å². The molecule has 5 heteroatoms. The third-order valence-electron chi connectivity index (χ3n) is 3.72. The minimum absolute atomic E-state index is 0.0547. The molecule has 0 saturated carbocycles. The van der Waals surface area contributed by atoms with Crippen LogP contribution in [0, 0.1) is 18.3 Å². The lowest BCUT2D eigenvalue weighted by molar-refractivity contribution is -0.112. The van der Waals surface area contributed by atoms with Crippen LogP contribution >= 0.6 is 0 Å². The lowest BCUT2D eigenvalue weighted by Crippen LogP contribution is -2.16. The van der Waals surface area contributed by atoms with E-state index in [0.717, 1.165) is 11.1 Å². The van der Waals surface area contributed by atoms with Crippen LogP contribution in [0.2, 0.25) is 0 Å². The summed E-state index contributed by atoms with van der Waals surface area (Å²) in [4.78, 5) is 12.4. The summed E-state index contributed by atoms with van der Waals surface area (Å²) >= 11 is 0. The van der Waals surface area contributed by atoms with Crippen LogP contribution in [0.25, 0.3) is 0 Å². The molecule has 0 aromatic heterocycles. The molecule has 0 saturated heterocycles. The van der Waals surface area contributed by atoms with Crippen molar-refractivity contribution in [2.45, 2.75) is 26.7 Å². The number of phenols is 1. The van der Waals surface area contributed by atoms with Gasteiger partial charge in [-0.05, 0) is 42.2 Å². The Balaban J connectivity index is 2.17. The maximum absolute atomic E-state index is 12.4. The molecule has 0 fully saturated rings. The number of benzene rings is 2. The third kappa shape index (κ3) is 4.61. The van der Waals surface area contributed by atoms with E-state index in [4.69, 9.17) is 0 Å². The molecular weight excluding hydrogens is 314 g/mol. The van der Waals surface area contributed by atoms with Gasteiger partial charge in [-0.2, -0.15) is 5.26 Å². The quantitative estimate of drug-likeness (QED) is 0.432. The van der Waals surface area contributed by atoms with Crippen LogP contribution in [0.15, 0.2) is 54.2 Å². The van der Waals surface area contributed by atoms with Gasteiger partial charge in [0.1, 0.15) is 17.4 Å². The summed E-state index contributed by atoms with van der Waals surface area (Å²) in [6.45, 7) is 5.93. The van der Waals surface area contributed by atoms with E-state index in [1.165, 1.54) is 6.20 Å². The van der Waals surface area contributed by atoms with Crippen molar-refractivity contribution in [2.75, 3.05) is 10.6 Å². The SMILES string of the molecule is Cc1ccc(N/C=C(/C#N)C(=O)Nc2ccccc2C(C)C)c(O)c1. The van der Waals surface area contributed by atoms with Gasteiger partial charge in [0.15, 0.2) is 0 Å². The number of nitrogens with zero attached hydrogens (tertiary/aromatic N) is 1. The van der Waals surface area contributed by atoms with Crippen molar-refractivity contribution in [3.63, 3.8) is 0 Å². The Kier molecular flexibility index (Phi) is 5.80. The van der Waals surface area contributed by atoms with E-state index < -0.39 is 5.91 Å². The number of carbonyl (C=O) groups excluding carboxylic acids is 1. The molecule has 0 atom stereocenters. The highest BCUT2D eigenvalue weighted by Crippen LogP contribution is 2.25. The Bertz CT molecular complexity index is 848. The number of phenolic OH excluding ortho intramolecular Hbond substituents is 1. The highest BCUT2D eigenvalue weighted by molar-refractivity contribution is 6.07. The predicted molar refractivity (Wildman–Crippen MR) is 99.3 cm³/mol. The molecule has 0 aliphatic heterocycles. The summed E-state index contributed by atoms with van der Waals surface area (Å²) < 4.78 is 0. The van der Waals surface area contributed by atoms with Crippen molar-refractivity contribution in [3.05, 3.63) is 65.4 Å². The molecule has 2 aromatic rings. The summed E-state index contributed by atoms with van der Waals surface area (Å²) in [7, 11) is 0. The van der Waals surface area contributed by atoms with Gasteiger partial charge >= 0.3 is 0 Å². The molecule has 2 rings (SSSR count). The number of nitrogens with one attached hydrogen (secondary N) is 2. The minimum Gasteiger partial charge on any atom is -0.506 e. The molecule has 0 aliphatic carbocycles. The van der Waals surface area contributed by atoms with Gasteiger partial charge in [0.2, 0.25) is 0 Å². The number of amides is 1. The van der Waals surface area contributed by atoms with E-state index in [0.29, 0.717) is 11.4 Å². The fourth-order valence-corrected chi connectivity index (χ4v) is 2.37. The second-order valence-corrected chi connectivity index (χ2v) is 6.03. The Morgan fingerprint density at radius 3 is 2.56 bits per heavy atom. The van der Waals surface area contributed by atoms with E-state index >= 15 is 0 Å². The van der Waals surface area contributed by atoms with Crippen molar-refractivity contribution in [2.24, 2.45) is 0 Å². The van der Waals surface area contributed by atoms with Crippen LogP contribution in [0.5, 0.6) is 5.75 Å². The largest absolute Gasteiger partial charge is 0.506 e.